The summed E-state index contributed by atoms with van der Waals surface area (Å²) in [6.07, 6.45) is -0.0774. The molecular formula is C8H13F3O7S2. The lowest BCUT2D eigenvalue weighted by atomic mass is 10.2. The van der Waals surface area contributed by atoms with Crippen LogP contribution < -0.4 is 0 Å². The standard InChI is InChI=1S/C8H13F3O7S2/c1-19(12,13)16-4-6-2-3-7(18-6)5-17-20(14,15)8(9,10)11/h6-7H,2-5H2,1H3/t6-,7-/m0/s1. The maximum atomic E-state index is 12.0. The summed E-state index contributed by atoms with van der Waals surface area (Å²) < 4.78 is 92.2. The summed E-state index contributed by atoms with van der Waals surface area (Å²) in [5, 5.41) is 0. The predicted molar refractivity (Wildman–Crippen MR) is 59.6 cm³/mol. The van der Waals surface area contributed by atoms with Crippen LogP contribution in [0.15, 0.2) is 0 Å². The Balaban J connectivity index is 2.39. The van der Waals surface area contributed by atoms with Gasteiger partial charge in [0.2, 0.25) is 0 Å². The summed E-state index contributed by atoms with van der Waals surface area (Å²) in [5.41, 5.74) is -5.48. The Morgan fingerprint density at radius 2 is 1.50 bits per heavy atom. The topological polar surface area (TPSA) is 96.0 Å². The Labute approximate surface area is 114 Å². The summed E-state index contributed by atoms with van der Waals surface area (Å²) in [4.78, 5) is 0. The van der Waals surface area contributed by atoms with E-state index in [0.717, 1.165) is 6.26 Å². The molecule has 0 N–H and O–H groups in total. The van der Waals surface area contributed by atoms with E-state index in [1.807, 2.05) is 0 Å². The first kappa shape index (κ1) is 17.6. The van der Waals surface area contributed by atoms with Crippen molar-refractivity contribution < 1.29 is 43.1 Å². The smallest absolute Gasteiger partial charge is 0.370 e. The van der Waals surface area contributed by atoms with Crippen molar-refractivity contribution in [1.82, 2.24) is 0 Å². The van der Waals surface area contributed by atoms with E-state index in [2.05, 4.69) is 8.37 Å². The van der Waals surface area contributed by atoms with Crippen LogP contribution in [0.1, 0.15) is 12.8 Å². The first-order chi connectivity index (χ1) is 8.91. The summed E-state index contributed by atoms with van der Waals surface area (Å²) >= 11 is 0. The van der Waals surface area contributed by atoms with Crippen molar-refractivity contribution in [3.05, 3.63) is 0 Å². The molecule has 0 amide bonds. The lowest BCUT2D eigenvalue weighted by Gasteiger charge is -2.14. The number of halogens is 3. The fourth-order valence-electron chi connectivity index (χ4n) is 1.46. The van der Waals surface area contributed by atoms with Gasteiger partial charge in [-0.15, -0.1) is 0 Å². The molecule has 1 aliphatic heterocycles. The van der Waals surface area contributed by atoms with E-state index in [4.69, 9.17) is 4.74 Å². The average molecular weight is 342 g/mol. The van der Waals surface area contributed by atoms with Crippen LogP contribution in [-0.2, 0) is 33.3 Å². The number of alkyl halides is 3. The number of ether oxygens (including phenoxy) is 1. The molecule has 2 atom stereocenters. The highest BCUT2D eigenvalue weighted by molar-refractivity contribution is 7.87. The van der Waals surface area contributed by atoms with Crippen LogP contribution in [0.4, 0.5) is 13.2 Å². The van der Waals surface area contributed by atoms with Crippen molar-refractivity contribution in [2.24, 2.45) is 0 Å². The SMILES string of the molecule is CS(=O)(=O)OC[C@@H]1CC[C@@H](COS(=O)(=O)C(F)(F)F)O1. The second-order valence-electron chi connectivity index (χ2n) is 4.13. The normalized spacial score (nSPS) is 25.0. The minimum absolute atomic E-state index is 0.241. The second-order valence-corrected chi connectivity index (χ2v) is 7.38. The van der Waals surface area contributed by atoms with E-state index in [0.29, 0.717) is 6.42 Å². The number of hydrogen-bond acceptors (Lipinski definition) is 7. The first-order valence-corrected chi connectivity index (χ1v) is 8.59. The minimum atomic E-state index is -5.65. The van der Waals surface area contributed by atoms with Crippen molar-refractivity contribution in [1.29, 1.82) is 0 Å². The monoisotopic (exact) mass is 342 g/mol. The molecule has 120 valence electrons. The maximum absolute atomic E-state index is 12.0. The zero-order valence-corrected chi connectivity index (χ0v) is 11.9. The first-order valence-electron chi connectivity index (χ1n) is 5.36. The van der Waals surface area contributed by atoms with E-state index in [9.17, 15) is 30.0 Å². The van der Waals surface area contributed by atoms with Crippen LogP contribution in [0.5, 0.6) is 0 Å². The third-order valence-corrected chi connectivity index (χ3v) is 3.93. The van der Waals surface area contributed by atoms with E-state index in [1.54, 1.807) is 0 Å². The predicted octanol–water partition coefficient (Wildman–Crippen LogP) is 0.376. The lowest BCUT2D eigenvalue weighted by molar-refractivity contribution is -0.0592. The summed E-state index contributed by atoms with van der Waals surface area (Å²) in [6, 6.07) is 0. The molecule has 0 spiro atoms. The van der Waals surface area contributed by atoms with Gasteiger partial charge in [-0.05, 0) is 12.8 Å². The van der Waals surface area contributed by atoms with Crippen LogP contribution in [0.3, 0.4) is 0 Å². The third kappa shape index (κ3) is 5.52. The van der Waals surface area contributed by atoms with Crippen molar-refractivity contribution >= 4 is 20.2 Å². The quantitative estimate of drug-likeness (QED) is 0.508. The molecule has 1 heterocycles. The van der Waals surface area contributed by atoms with Gasteiger partial charge in [-0.3, -0.25) is 8.37 Å². The molecule has 0 aromatic heterocycles. The van der Waals surface area contributed by atoms with Gasteiger partial charge in [-0.1, -0.05) is 0 Å². The second kappa shape index (κ2) is 6.13. The van der Waals surface area contributed by atoms with Gasteiger partial charge < -0.3 is 4.74 Å². The molecule has 0 aliphatic carbocycles. The van der Waals surface area contributed by atoms with Crippen LogP contribution in [0.25, 0.3) is 0 Å². The summed E-state index contributed by atoms with van der Waals surface area (Å²) in [7, 11) is -9.29. The van der Waals surface area contributed by atoms with Gasteiger partial charge in [0.05, 0.1) is 31.7 Å². The molecule has 0 aromatic carbocycles. The van der Waals surface area contributed by atoms with Gasteiger partial charge in [0.25, 0.3) is 10.1 Å². The molecule has 1 fully saturated rings. The van der Waals surface area contributed by atoms with Crippen molar-refractivity contribution in [2.75, 3.05) is 19.5 Å². The zero-order chi connectivity index (χ0) is 15.6. The highest BCUT2D eigenvalue weighted by Crippen LogP contribution is 2.27. The van der Waals surface area contributed by atoms with Gasteiger partial charge in [0.1, 0.15) is 0 Å². The van der Waals surface area contributed by atoms with E-state index in [-0.39, 0.29) is 13.0 Å². The number of rotatable bonds is 6. The summed E-state index contributed by atoms with van der Waals surface area (Å²) in [6.45, 7) is -1.06. The molecule has 0 saturated carbocycles. The van der Waals surface area contributed by atoms with Gasteiger partial charge >= 0.3 is 15.6 Å². The Kier molecular flexibility index (Phi) is 5.40. The third-order valence-electron chi connectivity index (χ3n) is 2.36. The maximum Gasteiger partial charge on any atom is 0.523 e. The minimum Gasteiger partial charge on any atom is -0.370 e. The molecular weight excluding hydrogens is 329 g/mol. The molecule has 12 heteroatoms. The highest BCUT2D eigenvalue weighted by Gasteiger charge is 2.47. The lowest BCUT2D eigenvalue weighted by Crippen LogP contribution is -2.29. The van der Waals surface area contributed by atoms with Crippen molar-refractivity contribution in [2.45, 2.75) is 30.6 Å². The van der Waals surface area contributed by atoms with Crippen molar-refractivity contribution in [3.63, 3.8) is 0 Å². The fraction of sp³-hybridized carbons (Fsp3) is 1.00. The summed E-state index contributed by atoms with van der Waals surface area (Å²) in [5.74, 6) is 0. The molecule has 0 bridgehead atoms. The van der Waals surface area contributed by atoms with Crippen LogP contribution in [0, 0.1) is 0 Å². The molecule has 20 heavy (non-hydrogen) atoms. The Morgan fingerprint density at radius 1 is 1.05 bits per heavy atom. The van der Waals surface area contributed by atoms with E-state index in [1.165, 1.54) is 0 Å². The van der Waals surface area contributed by atoms with E-state index < -0.39 is 44.6 Å². The Hall–Kier alpha value is -0.430. The van der Waals surface area contributed by atoms with Crippen molar-refractivity contribution in [3.8, 4) is 0 Å². The van der Waals surface area contributed by atoms with E-state index >= 15 is 0 Å². The van der Waals surface area contributed by atoms with Gasteiger partial charge in [0, 0.05) is 0 Å². The van der Waals surface area contributed by atoms with Gasteiger partial charge in [-0.25, -0.2) is 0 Å². The number of hydrogen-bond donors (Lipinski definition) is 0. The van der Waals surface area contributed by atoms with Gasteiger partial charge in [-0.2, -0.15) is 30.0 Å². The zero-order valence-electron chi connectivity index (χ0n) is 10.3. The highest BCUT2D eigenvalue weighted by atomic mass is 32.2. The molecule has 0 radical (unpaired) electrons. The Morgan fingerprint density at radius 3 is 1.90 bits per heavy atom. The van der Waals surface area contributed by atoms with Gasteiger partial charge in [0.15, 0.2) is 0 Å². The van der Waals surface area contributed by atoms with Crippen LogP contribution >= 0.6 is 0 Å². The molecule has 1 aliphatic rings. The largest absolute Gasteiger partial charge is 0.523 e. The molecule has 0 aromatic rings. The molecule has 7 nitrogen and oxygen atoms in total. The van der Waals surface area contributed by atoms with Crippen LogP contribution in [0.2, 0.25) is 0 Å². The molecule has 0 unspecified atom stereocenters. The molecule has 1 rings (SSSR count). The van der Waals surface area contributed by atoms with Crippen LogP contribution in [-0.4, -0.2) is 54.0 Å². The molecule has 1 saturated heterocycles. The Bertz CT molecular complexity index is 525. The fourth-order valence-corrected chi connectivity index (χ4v) is 2.32. The average Bonchev–Trinajstić information content (AvgIpc) is 2.69.